The standard InChI is InChI=1S/C27H30N2O6S/c1-3-4-18-35-27(31)21-10-13-23(14-11-21)29-26(30)22-12-15-24(34-2)25(19-22)36(32,33)28-17-16-20-8-6-5-7-9-20/h5-15,19,28H,3-4,16-18H2,1-2H3,(H,29,30). The molecule has 8 nitrogen and oxygen atoms in total. The fourth-order valence-corrected chi connectivity index (χ4v) is 4.59. The quantitative estimate of drug-likeness (QED) is 0.276. The zero-order valence-corrected chi connectivity index (χ0v) is 21.1. The molecule has 0 unspecified atom stereocenters. The Balaban J connectivity index is 1.68. The average Bonchev–Trinajstić information content (AvgIpc) is 2.89. The van der Waals surface area contributed by atoms with Gasteiger partial charge in [0.1, 0.15) is 10.6 Å². The van der Waals surface area contributed by atoms with Gasteiger partial charge in [0, 0.05) is 17.8 Å². The van der Waals surface area contributed by atoms with E-state index >= 15 is 0 Å². The molecule has 0 heterocycles. The number of hydrogen-bond donors (Lipinski definition) is 2. The van der Waals surface area contributed by atoms with Gasteiger partial charge < -0.3 is 14.8 Å². The zero-order chi connectivity index (χ0) is 26.0. The van der Waals surface area contributed by atoms with Crippen LogP contribution < -0.4 is 14.8 Å². The molecule has 0 aromatic heterocycles. The molecule has 3 rings (SSSR count). The second-order valence-electron chi connectivity index (χ2n) is 8.02. The lowest BCUT2D eigenvalue weighted by Crippen LogP contribution is -2.27. The van der Waals surface area contributed by atoms with Gasteiger partial charge in [-0.1, -0.05) is 43.7 Å². The molecule has 0 spiro atoms. The molecule has 0 fully saturated rings. The molecule has 0 aliphatic carbocycles. The van der Waals surface area contributed by atoms with Crippen LogP contribution in [0.25, 0.3) is 0 Å². The van der Waals surface area contributed by atoms with Crippen molar-refractivity contribution in [2.75, 3.05) is 25.6 Å². The molecule has 0 aliphatic heterocycles. The number of benzene rings is 3. The largest absolute Gasteiger partial charge is 0.495 e. The first-order chi connectivity index (χ1) is 17.3. The van der Waals surface area contributed by atoms with Crippen LogP contribution in [0.15, 0.2) is 77.7 Å². The minimum Gasteiger partial charge on any atom is -0.495 e. The molecule has 0 aliphatic rings. The van der Waals surface area contributed by atoms with Gasteiger partial charge in [0.2, 0.25) is 10.0 Å². The van der Waals surface area contributed by atoms with Crippen molar-refractivity contribution in [1.82, 2.24) is 4.72 Å². The Bertz CT molecular complexity index is 1280. The van der Waals surface area contributed by atoms with E-state index in [1.54, 1.807) is 24.3 Å². The number of sulfonamides is 1. The van der Waals surface area contributed by atoms with Gasteiger partial charge in [0.05, 0.1) is 19.3 Å². The van der Waals surface area contributed by atoms with Crippen LogP contribution in [0.1, 0.15) is 46.0 Å². The lowest BCUT2D eigenvalue weighted by Gasteiger charge is -2.13. The molecular weight excluding hydrogens is 480 g/mol. The first-order valence-electron chi connectivity index (χ1n) is 11.6. The van der Waals surface area contributed by atoms with E-state index in [-0.39, 0.29) is 22.8 Å². The van der Waals surface area contributed by atoms with Gasteiger partial charge in [-0.15, -0.1) is 0 Å². The van der Waals surface area contributed by atoms with Crippen molar-refractivity contribution in [3.8, 4) is 5.75 Å². The average molecular weight is 511 g/mol. The summed E-state index contributed by atoms with van der Waals surface area (Å²) in [4.78, 5) is 24.7. The minimum absolute atomic E-state index is 0.129. The number of unbranched alkanes of at least 4 members (excludes halogenated alkanes) is 1. The van der Waals surface area contributed by atoms with Crippen LogP contribution in [0.2, 0.25) is 0 Å². The normalized spacial score (nSPS) is 11.1. The molecule has 0 atom stereocenters. The molecule has 0 saturated carbocycles. The highest BCUT2D eigenvalue weighted by molar-refractivity contribution is 7.89. The van der Waals surface area contributed by atoms with E-state index < -0.39 is 21.9 Å². The van der Waals surface area contributed by atoms with Gasteiger partial charge in [-0.2, -0.15) is 0 Å². The van der Waals surface area contributed by atoms with Crippen LogP contribution in [-0.4, -0.2) is 40.6 Å². The Hall–Kier alpha value is -3.69. The molecule has 2 N–H and O–H groups in total. The lowest BCUT2D eigenvalue weighted by molar-refractivity contribution is 0.0499. The third-order valence-corrected chi connectivity index (χ3v) is 6.86. The van der Waals surface area contributed by atoms with E-state index in [1.165, 1.54) is 25.3 Å². The van der Waals surface area contributed by atoms with E-state index in [0.717, 1.165) is 18.4 Å². The number of hydrogen-bond acceptors (Lipinski definition) is 6. The molecular formula is C27H30N2O6S. The molecule has 1 amide bonds. The number of nitrogens with one attached hydrogen (secondary N) is 2. The van der Waals surface area contributed by atoms with Crippen LogP contribution >= 0.6 is 0 Å². The molecule has 0 bridgehead atoms. The minimum atomic E-state index is -3.93. The molecule has 3 aromatic rings. The summed E-state index contributed by atoms with van der Waals surface area (Å²) in [5, 5.41) is 2.71. The van der Waals surface area contributed by atoms with Gasteiger partial charge in [0.15, 0.2) is 0 Å². The highest BCUT2D eigenvalue weighted by Crippen LogP contribution is 2.25. The smallest absolute Gasteiger partial charge is 0.338 e. The number of esters is 1. The Morgan fingerprint density at radius 2 is 1.61 bits per heavy atom. The number of carbonyl (C=O) groups excluding carboxylic acids is 2. The highest BCUT2D eigenvalue weighted by atomic mass is 32.2. The maximum absolute atomic E-state index is 13.0. The molecule has 190 valence electrons. The summed E-state index contributed by atoms with van der Waals surface area (Å²) in [5.41, 5.74) is 1.97. The van der Waals surface area contributed by atoms with Crippen molar-refractivity contribution in [3.63, 3.8) is 0 Å². The number of ether oxygens (including phenoxy) is 2. The van der Waals surface area contributed by atoms with Gasteiger partial charge in [-0.25, -0.2) is 17.9 Å². The van der Waals surface area contributed by atoms with E-state index in [4.69, 9.17) is 9.47 Å². The Morgan fingerprint density at radius 3 is 2.28 bits per heavy atom. The summed E-state index contributed by atoms with van der Waals surface area (Å²) in [6.45, 7) is 2.56. The zero-order valence-electron chi connectivity index (χ0n) is 20.3. The second kappa shape index (κ2) is 12.9. The fraction of sp³-hybridized carbons (Fsp3) is 0.259. The summed E-state index contributed by atoms with van der Waals surface area (Å²) < 4.78 is 38.9. The topological polar surface area (TPSA) is 111 Å². The number of rotatable bonds is 12. The molecule has 0 radical (unpaired) electrons. The maximum Gasteiger partial charge on any atom is 0.338 e. The monoisotopic (exact) mass is 510 g/mol. The third-order valence-electron chi connectivity index (χ3n) is 5.37. The summed E-state index contributed by atoms with van der Waals surface area (Å²) in [6, 6.07) is 20.0. The van der Waals surface area contributed by atoms with Crippen LogP contribution in [0.5, 0.6) is 5.75 Å². The first-order valence-corrected chi connectivity index (χ1v) is 13.1. The van der Waals surface area contributed by atoms with Gasteiger partial charge in [-0.05, 0) is 60.9 Å². The summed E-state index contributed by atoms with van der Waals surface area (Å²) in [6.07, 6.45) is 2.24. The van der Waals surface area contributed by atoms with Crippen molar-refractivity contribution in [1.29, 1.82) is 0 Å². The van der Waals surface area contributed by atoms with Gasteiger partial charge in [0.25, 0.3) is 5.91 Å². The van der Waals surface area contributed by atoms with Crippen molar-refractivity contribution < 1.29 is 27.5 Å². The molecule has 0 saturated heterocycles. The summed E-state index contributed by atoms with van der Waals surface area (Å²) in [5.74, 6) is -0.799. The number of amides is 1. The van der Waals surface area contributed by atoms with E-state index in [2.05, 4.69) is 10.0 Å². The summed E-state index contributed by atoms with van der Waals surface area (Å²) in [7, 11) is -2.57. The van der Waals surface area contributed by atoms with Crippen LogP contribution in [-0.2, 0) is 21.2 Å². The van der Waals surface area contributed by atoms with Crippen LogP contribution in [0.4, 0.5) is 5.69 Å². The van der Waals surface area contributed by atoms with Gasteiger partial charge in [-0.3, -0.25) is 4.79 Å². The van der Waals surface area contributed by atoms with Crippen LogP contribution in [0.3, 0.4) is 0 Å². The Kier molecular flexibility index (Phi) is 9.61. The SMILES string of the molecule is CCCCOC(=O)c1ccc(NC(=O)c2ccc(OC)c(S(=O)(=O)NCCc3ccccc3)c2)cc1. The summed E-state index contributed by atoms with van der Waals surface area (Å²) >= 11 is 0. The van der Waals surface area contributed by atoms with E-state index in [0.29, 0.717) is 24.3 Å². The number of methoxy groups -OCH3 is 1. The van der Waals surface area contributed by atoms with Crippen molar-refractivity contribution in [2.24, 2.45) is 0 Å². The number of anilines is 1. The Labute approximate surface area is 211 Å². The third kappa shape index (κ3) is 7.40. The highest BCUT2D eigenvalue weighted by Gasteiger charge is 2.21. The second-order valence-corrected chi connectivity index (χ2v) is 9.76. The fourth-order valence-electron chi connectivity index (χ4n) is 3.37. The van der Waals surface area contributed by atoms with E-state index in [9.17, 15) is 18.0 Å². The van der Waals surface area contributed by atoms with Crippen molar-refractivity contribution >= 4 is 27.6 Å². The first kappa shape index (κ1) is 26.9. The van der Waals surface area contributed by atoms with E-state index in [1.807, 2.05) is 37.3 Å². The predicted molar refractivity (Wildman–Crippen MR) is 138 cm³/mol. The van der Waals surface area contributed by atoms with Crippen LogP contribution in [0, 0.1) is 0 Å². The van der Waals surface area contributed by atoms with Crippen molar-refractivity contribution in [3.05, 3.63) is 89.5 Å². The molecule has 9 heteroatoms. The predicted octanol–water partition coefficient (Wildman–Crippen LogP) is 4.43. The molecule has 3 aromatic carbocycles. The number of carbonyl (C=O) groups is 2. The molecule has 36 heavy (non-hydrogen) atoms. The lowest BCUT2D eigenvalue weighted by atomic mass is 10.1. The van der Waals surface area contributed by atoms with Gasteiger partial charge >= 0.3 is 5.97 Å². The van der Waals surface area contributed by atoms with Crippen molar-refractivity contribution in [2.45, 2.75) is 31.1 Å². The Morgan fingerprint density at radius 1 is 0.917 bits per heavy atom. The maximum atomic E-state index is 13.0.